The minimum atomic E-state index is -0.187. The standard InChI is InChI=1S/C23H21N3O2/c1-2-3-4-5-22(27)28-21-12-10-19(11-13-21)18-6-8-20(9-7-18)23-25-15-17(14-24)16-26-23/h6-13,15-16H,2-5H2,1H3. The highest BCUT2D eigenvalue weighted by molar-refractivity contribution is 5.73. The maximum atomic E-state index is 11.8. The Hall–Kier alpha value is -3.52. The van der Waals surface area contributed by atoms with E-state index in [1.165, 1.54) is 12.4 Å². The summed E-state index contributed by atoms with van der Waals surface area (Å²) in [5.41, 5.74) is 3.38. The van der Waals surface area contributed by atoms with Crippen molar-refractivity contribution in [2.45, 2.75) is 32.6 Å². The molecular weight excluding hydrogens is 350 g/mol. The summed E-state index contributed by atoms with van der Waals surface area (Å²) in [4.78, 5) is 20.2. The second-order valence-corrected chi connectivity index (χ2v) is 6.44. The van der Waals surface area contributed by atoms with Crippen LogP contribution < -0.4 is 4.74 Å². The lowest BCUT2D eigenvalue weighted by atomic mass is 10.0. The molecule has 0 aliphatic carbocycles. The summed E-state index contributed by atoms with van der Waals surface area (Å²) in [5, 5.41) is 8.82. The number of nitrogens with zero attached hydrogens (tertiary/aromatic N) is 3. The van der Waals surface area contributed by atoms with Crippen LogP contribution in [0.3, 0.4) is 0 Å². The van der Waals surface area contributed by atoms with Crippen LogP contribution in [0.15, 0.2) is 60.9 Å². The molecule has 0 N–H and O–H groups in total. The highest BCUT2D eigenvalue weighted by Gasteiger charge is 2.06. The van der Waals surface area contributed by atoms with Crippen molar-refractivity contribution in [1.29, 1.82) is 5.26 Å². The van der Waals surface area contributed by atoms with Crippen molar-refractivity contribution in [1.82, 2.24) is 9.97 Å². The Morgan fingerprint density at radius 2 is 1.50 bits per heavy atom. The Labute approximate surface area is 164 Å². The minimum Gasteiger partial charge on any atom is -0.427 e. The van der Waals surface area contributed by atoms with E-state index in [4.69, 9.17) is 10.00 Å². The van der Waals surface area contributed by atoms with E-state index in [2.05, 4.69) is 16.9 Å². The monoisotopic (exact) mass is 371 g/mol. The van der Waals surface area contributed by atoms with Gasteiger partial charge in [0.15, 0.2) is 5.82 Å². The number of carbonyl (C=O) groups excluding carboxylic acids is 1. The molecule has 3 aromatic rings. The van der Waals surface area contributed by atoms with Gasteiger partial charge < -0.3 is 4.74 Å². The highest BCUT2D eigenvalue weighted by Crippen LogP contribution is 2.25. The summed E-state index contributed by atoms with van der Waals surface area (Å²) in [7, 11) is 0. The lowest BCUT2D eigenvalue weighted by Gasteiger charge is -2.07. The van der Waals surface area contributed by atoms with Gasteiger partial charge >= 0.3 is 5.97 Å². The summed E-state index contributed by atoms with van der Waals surface area (Å²) in [6, 6.07) is 17.4. The van der Waals surface area contributed by atoms with Crippen LogP contribution >= 0.6 is 0 Å². The Balaban J connectivity index is 1.65. The second-order valence-electron chi connectivity index (χ2n) is 6.44. The molecule has 0 fully saturated rings. The molecule has 0 saturated heterocycles. The van der Waals surface area contributed by atoms with Crippen LogP contribution in [-0.4, -0.2) is 15.9 Å². The number of unbranched alkanes of at least 4 members (excludes halogenated alkanes) is 2. The summed E-state index contributed by atoms with van der Waals surface area (Å²) < 4.78 is 5.37. The first-order valence-electron chi connectivity index (χ1n) is 9.33. The number of benzene rings is 2. The zero-order valence-corrected chi connectivity index (χ0v) is 15.8. The van der Waals surface area contributed by atoms with Crippen LogP contribution in [-0.2, 0) is 4.79 Å². The van der Waals surface area contributed by atoms with E-state index < -0.39 is 0 Å². The number of nitriles is 1. The summed E-state index contributed by atoms with van der Waals surface area (Å²) in [5.74, 6) is 0.955. The van der Waals surface area contributed by atoms with Gasteiger partial charge in [0.05, 0.1) is 5.56 Å². The molecule has 28 heavy (non-hydrogen) atoms. The number of hydrogen-bond acceptors (Lipinski definition) is 5. The van der Waals surface area contributed by atoms with Crippen molar-refractivity contribution in [2.24, 2.45) is 0 Å². The van der Waals surface area contributed by atoms with Gasteiger partial charge in [0, 0.05) is 24.4 Å². The van der Waals surface area contributed by atoms with Crippen LogP contribution in [0, 0.1) is 11.3 Å². The van der Waals surface area contributed by atoms with Gasteiger partial charge in [-0.3, -0.25) is 4.79 Å². The van der Waals surface area contributed by atoms with E-state index in [1.54, 1.807) is 0 Å². The number of aromatic nitrogens is 2. The largest absolute Gasteiger partial charge is 0.427 e. The molecule has 3 rings (SSSR count). The number of hydrogen-bond donors (Lipinski definition) is 0. The first kappa shape index (κ1) is 19.2. The number of rotatable bonds is 7. The summed E-state index contributed by atoms with van der Waals surface area (Å²) in [6.45, 7) is 2.11. The molecule has 0 aliphatic heterocycles. The fourth-order valence-corrected chi connectivity index (χ4v) is 2.76. The summed E-state index contributed by atoms with van der Waals surface area (Å²) in [6.07, 6.45) is 6.46. The average molecular weight is 371 g/mol. The van der Waals surface area contributed by atoms with Crippen LogP contribution in [0.2, 0.25) is 0 Å². The van der Waals surface area contributed by atoms with E-state index in [-0.39, 0.29) is 5.97 Å². The molecular formula is C23H21N3O2. The fraction of sp³-hybridized carbons (Fsp3) is 0.217. The Morgan fingerprint density at radius 3 is 2.07 bits per heavy atom. The lowest BCUT2D eigenvalue weighted by Crippen LogP contribution is -2.07. The molecule has 0 radical (unpaired) electrons. The number of ether oxygens (including phenoxy) is 1. The molecule has 5 heteroatoms. The smallest absolute Gasteiger partial charge is 0.311 e. The molecule has 0 spiro atoms. The number of esters is 1. The Bertz CT molecular complexity index is 957. The van der Waals surface area contributed by atoms with E-state index >= 15 is 0 Å². The molecule has 0 bridgehead atoms. The fourth-order valence-electron chi connectivity index (χ4n) is 2.76. The van der Waals surface area contributed by atoms with Gasteiger partial charge in [0.1, 0.15) is 11.8 Å². The second kappa shape index (κ2) is 9.43. The van der Waals surface area contributed by atoms with Gasteiger partial charge in [-0.25, -0.2) is 9.97 Å². The van der Waals surface area contributed by atoms with Crippen LogP contribution in [0.1, 0.15) is 38.2 Å². The first-order chi connectivity index (χ1) is 13.7. The maximum Gasteiger partial charge on any atom is 0.311 e. The van der Waals surface area contributed by atoms with Gasteiger partial charge in [-0.05, 0) is 29.7 Å². The van der Waals surface area contributed by atoms with E-state index in [0.29, 0.717) is 23.6 Å². The SMILES string of the molecule is CCCCCC(=O)Oc1ccc(-c2ccc(-c3ncc(C#N)cn3)cc2)cc1. The van der Waals surface area contributed by atoms with Crippen molar-refractivity contribution < 1.29 is 9.53 Å². The topological polar surface area (TPSA) is 75.9 Å². The van der Waals surface area contributed by atoms with Gasteiger partial charge in [-0.15, -0.1) is 0 Å². The third-order valence-corrected chi connectivity index (χ3v) is 4.33. The molecule has 0 saturated carbocycles. The molecule has 1 heterocycles. The van der Waals surface area contributed by atoms with E-state index in [1.807, 2.05) is 54.6 Å². The lowest BCUT2D eigenvalue weighted by molar-refractivity contribution is -0.134. The van der Waals surface area contributed by atoms with Crippen LogP contribution in [0.5, 0.6) is 5.75 Å². The quantitative estimate of drug-likeness (QED) is 0.325. The molecule has 5 nitrogen and oxygen atoms in total. The molecule has 2 aromatic carbocycles. The van der Waals surface area contributed by atoms with Crippen molar-refractivity contribution >= 4 is 5.97 Å². The van der Waals surface area contributed by atoms with Crippen molar-refractivity contribution in [2.75, 3.05) is 0 Å². The molecule has 0 unspecified atom stereocenters. The van der Waals surface area contributed by atoms with Gasteiger partial charge in [0.25, 0.3) is 0 Å². The van der Waals surface area contributed by atoms with Crippen molar-refractivity contribution in [3.05, 3.63) is 66.5 Å². The Morgan fingerprint density at radius 1 is 0.929 bits per heavy atom. The molecule has 0 aliphatic rings. The predicted octanol–water partition coefficient (Wildman–Crippen LogP) is 5.17. The van der Waals surface area contributed by atoms with Gasteiger partial charge in [0.2, 0.25) is 0 Å². The van der Waals surface area contributed by atoms with E-state index in [0.717, 1.165) is 36.0 Å². The molecule has 1 aromatic heterocycles. The van der Waals surface area contributed by atoms with Crippen molar-refractivity contribution in [3.63, 3.8) is 0 Å². The Kier molecular flexibility index (Phi) is 6.48. The minimum absolute atomic E-state index is 0.187. The van der Waals surface area contributed by atoms with Crippen LogP contribution in [0.25, 0.3) is 22.5 Å². The maximum absolute atomic E-state index is 11.8. The predicted molar refractivity (Wildman–Crippen MR) is 107 cm³/mol. The normalized spacial score (nSPS) is 10.3. The first-order valence-corrected chi connectivity index (χ1v) is 9.33. The molecule has 0 atom stereocenters. The van der Waals surface area contributed by atoms with Crippen LogP contribution in [0.4, 0.5) is 0 Å². The third kappa shape index (κ3) is 5.01. The van der Waals surface area contributed by atoms with Gasteiger partial charge in [-0.2, -0.15) is 5.26 Å². The molecule has 0 amide bonds. The summed E-state index contributed by atoms with van der Waals surface area (Å²) >= 11 is 0. The number of carbonyl (C=O) groups is 1. The third-order valence-electron chi connectivity index (χ3n) is 4.33. The van der Waals surface area contributed by atoms with Crippen molar-refractivity contribution in [3.8, 4) is 34.3 Å². The van der Waals surface area contributed by atoms with E-state index in [9.17, 15) is 4.79 Å². The molecule has 140 valence electrons. The van der Waals surface area contributed by atoms with Gasteiger partial charge in [-0.1, -0.05) is 56.2 Å². The zero-order chi connectivity index (χ0) is 19.8. The highest BCUT2D eigenvalue weighted by atomic mass is 16.5. The average Bonchev–Trinajstić information content (AvgIpc) is 2.75. The zero-order valence-electron chi connectivity index (χ0n) is 15.8.